The summed E-state index contributed by atoms with van der Waals surface area (Å²) in [4.78, 5) is 0. The molecule has 2 aromatic carbocycles. The lowest BCUT2D eigenvalue weighted by Gasteiger charge is -2.38. The van der Waals surface area contributed by atoms with Gasteiger partial charge < -0.3 is 10.1 Å². The van der Waals surface area contributed by atoms with Crippen LogP contribution in [-0.4, -0.2) is 18.7 Å². The van der Waals surface area contributed by atoms with Crippen molar-refractivity contribution in [2.75, 3.05) is 13.2 Å². The van der Waals surface area contributed by atoms with E-state index < -0.39 is 0 Å². The Morgan fingerprint density at radius 2 is 2.00 bits per heavy atom. The van der Waals surface area contributed by atoms with Crippen LogP contribution in [0.15, 0.2) is 42.5 Å². The Hall–Kier alpha value is -1.38. The van der Waals surface area contributed by atoms with E-state index >= 15 is 0 Å². The van der Waals surface area contributed by atoms with Crippen LogP contribution in [0.2, 0.25) is 0 Å². The fourth-order valence-electron chi connectivity index (χ4n) is 2.58. The van der Waals surface area contributed by atoms with E-state index in [1.807, 2.05) is 0 Å². The molecule has 2 nitrogen and oxygen atoms in total. The normalized spacial score (nSPS) is 27.6. The van der Waals surface area contributed by atoms with Crippen molar-refractivity contribution in [1.82, 2.24) is 5.32 Å². The Morgan fingerprint density at radius 1 is 1.21 bits per heavy atom. The Labute approximate surface area is 114 Å². The minimum absolute atomic E-state index is 0.132. The predicted molar refractivity (Wildman–Crippen MR) is 79.3 cm³/mol. The summed E-state index contributed by atoms with van der Waals surface area (Å²) in [7, 11) is 0. The summed E-state index contributed by atoms with van der Waals surface area (Å²) >= 11 is 0. The first-order valence-corrected chi connectivity index (χ1v) is 7.05. The summed E-state index contributed by atoms with van der Waals surface area (Å²) in [6, 6.07) is 15.1. The molecule has 1 saturated heterocycles. The molecule has 19 heavy (non-hydrogen) atoms. The van der Waals surface area contributed by atoms with Gasteiger partial charge in [0.15, 0.2) is 0 Å². The first kappa shape index (κ1) is 12.6. The molecule has 0 bridgehead atoms. The second kappa shape index (κ2) is 4.95. The number of morpholine rings is 1. The molecule has 0 saturated carbocycles. The van der Waals surface area contributed by atoms with Gasteiger partial charge in [-0.25, -0.2) is 0 Å². The number of rotatable bonds is 2. The number of fused-ring (bicyclic) bond motifs is 1. The van der Waals surface area contributed by atoms with Crippen molar-refractivity contribution in [2.45, 2.75) is 31.9 Å². The standard InChI is InChI=1S/C17H21NO/c1-3-17(2)12-19-16(11-18-17)15-9-8-13-6-4-5-7-14(13)10-15/h4-10,16,18H,3,11-12H2,1-2H3. The Balaban J connectivity index is 1.82. The van der Waals surface area contributed by atoms with Gasteiger partial charge in [0.2, 0.25) is 0 Å². The quantitative estimate of drug-likeness (QED) is 0.884. The van der Waals surface area contributed by atoms with Crippen molar-refractivity contribution in [3.63, 3.8) is 0 Å². The minimum atomic E-state index is 0.132. The highest BCUT2D eigenvalue weighted by Gasteiger charge is 2.30. The smallest absolute Gasteiger partial charge is 0.0950 e. The molecule has 1 N–H and O–H groups in total. The first-order chi connectivity index (χ1) is 9.20. The van der Waals surface area contributed by atoms with Gasteiger partial charge in [-0.1, -0.05) is 43.3 Å². The van der Waals surface area contributed by atoms with E-state index in [2.05, 4.69) is 61.6 Å². The average Bonchev–Trinajstić information content (AvgIpc) is 2.47. The van der Waals surface area contributed by atoms with Crippen LogP contribution >= 0.6 is 0 Å². The number of nitrogens with one attached hydrogen (secondary N) is 1. The van der Waals surface area contributed by atoms with E-state index in [1.54, 1.807) is 0 Å². The summed E-state index contributed by atoms with van der Waals surface area (Å²) in [5.41, 5.74) is 1.40. The summed E-state index contributed by atoms with van der Waals surface area (Å²) in [6.07, 6.45) is 1.27. The van der Waals surface area contributed by atoms with Gasteiger partial charge in [0.05, 0.1) is 12.7 Å². The Morgan fingerprint density at radius 3 is 2.68 bits per heavy atom. The molecular formula is C17H21NO. The maximum atomic E-state index is 6.06. The van der Waals surface area contributed by atoms with Gasteiger partial charge in [-0.15, -0.1) is 0 Å². The third-order valence-electron chi connectivity index (χ3n) is 4.24. The van der Waals surface area contributed by atoms with Crippen molar-refractivity contribution in [2.24, 2.45) is 0 Å². The van der Waals surface area contributed by atoms with Crippen LogP contribution in [-0.2, 0) is 4.74 Å². The maximum absolute atomic E-state index is 6.06. The maximum Gasteiger partial charge on any atom is 0.0950 e. The van der Waals surface area contributed by atoms with Gasteiger partial charge >= 0.3 is 0 Å². The summed E-state index contributed by atoms with van der Waals surface area (Å²) < 4.78 is 6.06. The molecule has 1 aliphatic heterocycles. The zero-order chi connectivity index (χ0) is 13.3. The highest BCUT2D eigenvalue weighted by Crippen LogP contribution is 2.27. The van der Waals surface area contributed by atoms with Gasteiger partial charge in [0.25, 0.3) is 0 Å². The Kier molecular flexibility index (Phi) is 3.29. The van der Waals surface area contributed by atoms with Gasteiger partial charge in [-0.05, 0) is 35.7 Å². The highest BCUT2D eigenvalue weighted by atomic mass is 16.5. The van der Waals surface area contributed by atoms with Gasteiger partial charge in [-0.3, -0.25) is 0 Å². The SMILES string of the molecule is CCC1(C)COC(c2ccc3ccccc3c2)CN1. The van der Waals surface area contributed by atoms with Crippen LogP contribution in [0.1, 0.15) is 31.9 Å². The third kappa shape index (κ3) is 2.51. The molecule has 0 aliphatic carbocycles. The van der Waals surface area contributed by atoms with Crippen LogP contribution in [0.5, 0.6) is 0 Å². The van der Waals surface area contributed by atoms with Gasteiger partial charge in [-0.2, -0.15) is 0 Å². The molecule has 1 aliphatic rings. The van der Waals surface area contributed by atoms with Gasteiger partial charge in [0.1, 0.15) is 0 Å². The van der Waals surface area contributed by atoms with Crippen molar-refractivity contribution in [3.8, 4) is 0 Å². The van der Waals surface area contributed by atoms with Crippen molar-refractivity contribution < 1.29 is 4.74 Å². The van der Waals surface area contributed by atoms with Crippen molar-refractivity contribution >= 4 is 10.8 Å². The molecule has 0 spiro atoms. The fourth-order valence-corrected chi connectivity index (χ4v) is 2.58. The second-order valence-electron chi connectivity index (χ2n) is 5.70. The topological polar surface area (TPSA) is 21.3 Å². The zero-order valence-corrected chi connectivity index (χ0v) is 11.6. The van der Waals surface area contributed by atoms with Gasteiger partial charge in [0, 0.05) is 12.1 Å². The summed E-state index contributed by atoms with van der Waals surface area (Å²) in [5, 5.41) is 6.19. The molecule has 2 unspecified atom stereocenters. The fraction of sp³-hybridized carbons (Fsp3) is 0.412. The van der Waals surface area contributed by atoms with Crippen molar-refractivity contribution in [1.29, 1.82) is 0 Å². The molecule has 1 heterocycles. The molecule has 2 aromatic rings. The number of benzene rings is 2. The highest BCUT2D eigenvalue weighted by molar-refractivity contribution is 5.83. The lowest BCUT2D eigenvalue weighted by molar-refractivity contribution is -0.0298. The van der Waals surface area contributed by atoms with Crippen LogP contribution in [0.4, 0.5) is 0 Å². The number of hydrogen-bond donors (Lipinski definition) is 1. The summed E-state index contributed by atoms with van der Waals surface area (Å²) in [6.45, 7) is 6.10. The molecular weight excluding hydrogens is 234 g/mol. The lowest BCUT2D eigenvalue weighted by atomic mass is 9.96. The summed E-state index contributed by atoms with van der Waals surface area (Å²) in [5.74, 6) is 0. The van der Waals surface area contributed by atoms with E-state index in [9.17, 15) is 0 Å². The predicted octanol–water partition coefficient (Wildman–Crippen LogP) is 3.67. The van der Waals surface area contributed by atoms with E-state index in [0.717, 1.165) is 19.6 Å². The molecule has 0 amide bonds. The Bertz CT molecular complexity index is 570. The lowest BCUT2D eigenvalue weighted by Crippen LogP contribution is -2.52. The molecule has 1 fully saturated rings. The van der Waals surface area contributed by atoms with Crippen LogP contribution < -0.4 is 5.32 Å². The molecule has 100 valence electrons. The molecule has 0 radical (unpaired) electrons. The molecule has 2 heteroatoms. The molecule has 0 aromatic heterocycles. The van der Waals surface area contributed by atoms with Crippen LogP contribution in [0.25, 0.3) is 10.8 Å². The van der Waals surface area contributed by atoms with E-state index in [-0.39, 0.29) is 11.6 Å². The zero-order valence-electron chi connectivity index (χ0n) is 11.6. The van der Waals surface area contributed by atoms with E-state index in [0.29, 0.717) is 0 Å². The largest absolute Gasteiger partial charge is 0.370 e. The molecule has 3 rings (SSSR count). The third-order valence-corrected chi connectivity index (χ3v) is 4.24. The monoisotopic (exact) mass is 255 g/mol. The molecule has 2 atom stereocenters. The second-order valence-corrected chi connectivity index (χ2v) is 5.70. The van der Waals surface area contributed by atoms with Crippen LogP contribution in [0.3, 0.4) is 0 Å². The van der Waals surface area contributed by atoms with Crippen molar-refractivity contribution in [3.05, 3.63) is 48.0 Å². The van der Waals surface area contributed by atoms with Crippen LogP contribution in [0, 0.1) is 0 Å². The minimum Gasteiger partial charge on any atom is -0.370 e. The number of ether oxygens (including phenoxy) is 1. The van der Waals surface area contributed by atoms with E-state index in [4.69, 9.17) is 4.74 Å². The number of hydrogen-bond acceptors (Lipinski definition) is 2. The van der Waals surface area contributed by atoms with E-state index in [1.165, 1.54) is 16.3 Å². The first-order valence-electron chi connectivity index (χ1n) is 7.05. The average molecular weight is 255 g/mol.